The Morgan fingerprint density at radius 2 is 0.860 bits per heavy atom. The van der Waals surface area contributed by atoms with Gasteiger partial charge in [-0.15, -0.1) is 0 Å². The molecule has 3 unspecified atom stereocenters. The standard InChI is InChI=1S/2C17H13ClN6O2.C13H9BrClN3O2.C7H7NO.C6H4BrClN2O2.C4H5N3/c2*1-17(10-3-2-5-19-8-10)23-15(25)14-11(18)7-12(16(26)24(14)17)22-13-4-6-20-9-21-13;1-13(7-3-2-4-16-6-7)17-11(19)10-9(15)5-8(14)12(20)18(10)13;1-6(9)7-3-2-4-8-5-7;7-2-1-3(8)4(5(9)11)10-6(2)12;5-4-1-2-6-3-7-4/h2*2-9H,1H3,(H,23,25)(H,20,21,22);2-6H,1H3,(H,17,19);2-5H,1H3;1H,(H2,9,11)(H,10,12);1-3H,(H2,5,6,7). The summed E-state index contributed by atoms with van der Waals surface area (Å²) in [5.74, 6) is -0.545. The van der Waals surface area contributed by atoms with Gasteiger partial charge in [0.15, 0.2) is 5.78 Å². The lowest BCUT2D eigenvalue weighted by atomic mass is 10.0. The van der Waals surface area contributed by atoms with Crippen molar-refractivity contribution in [1.29, 1.82) is 0 Å². The molecule has 0 fully saturated rings. The van der Waals surface area contributed by atoms with Gasteiger partial charge in [0.2, 0.25) is 0 Å². The molecule has 0 radical (unpaired) electrons. The fraction of sp³-hybridized carbons (Fsp3) is 0.109. The van der Waals surface area contributed by atoms with E-state index in [1.165, 1.54) is 63.9 Å². The molecule has 0 aromatic carbocycles. The van der Waals surface area contributed by atoms with E-state index in [-0.39, 0.29) is 76.0 Å². The molecule has 11 aromatic heterocycles. The first-order valence-electron chi connectivity index (χ1n) is 28.8. The molecule has 0 spiro atoms. The Kier molecular flexibility index (Phi) is 23.0. The van der Waals surface area contributed by atoms with Crippen molar-refractivity contribution in [2.24, 2.45) is 5.73 Å². The zero-order valence-corrected chi connectivity index (χ0v) is 58.3. The fourth-order valence-corrected chi connectivity index (χ4v) is 12.0. The van der Waals surface area contributed by atoms with Gasteiger partial charge in [0.05, 0.1) is 29.0 Å². The van der Waals surface area contributed by atoms with Gasteiger partial charge in [-0.05, 0) is 132 Å². The van der Waals surface area contributed by atoms with Crippen LogP contribution in [-0.2, 0) is 17.0 Å². The number of carbonyl (C=O) groups excluding carboxylic acids is 5. The predicted octanol–water partition coefficient (Wildman–Crippen LogP) is 8.15. The molecular weight excluding hydrogens is 1510 g/mol. The van der Waals surface area contributed by atoms with E-state index in [0.717, 1.165) is 0 Å². The normalized spacial score (nSPS) is 16.2. The van der Waals surface area contributed by atoms with Gasteiger partial charge in [-0.2, -0.15) is 0 Å². The first-order valence-corrected chi connectivity index (χ1v) is 31.9. The lowest BCUT2D eigenvalue weighted by molar-refractivity contribution is 0.0932. The molecule has 10 N–H and O–H groups in total. The number of fused-ring (bicyclic) bond motifs is 3. The molecule has 36 heteroatoms. The number of hydrogen-bond acceptors (Lipinski definition) is 22. The number of Topliss-reactive ketones (excluding diaryl/α,β-unsaturated/α-hetero) is 1. The minimum Gasteiger partial charge on any atom is -0.384 e. The second kappa shape index (κ2) is 31.5. The van der Waals surface area contributed by atoms with Crippen LogP contribution >= 0.6 is 78.3 Å². The Labute approximate surface area is 601 Å². The molecule has 0 saturated heterocycles. The summed E-state index contributed by atoms with van der Waals surface area (Å²) < 4.78 is 4.62. The molecule has 30 nitrogen and oxygen atoms in total. The molecule has 3 atom stereocenters. The highest BCUT2D eigenvalue weighted by Crippen LogP contribution is 2.36. The van der Waals surface area contributed by atoms with Crippen molar-refractivity contribution in [3.8, 4) is 0 Å². The number of primary amides is 1. The smallest absolute Gasteiger partial charge is 0.277 e. The number of nitrogens with two attached hydrogens (primary N) is 2. The number of ketones is 1. The van der Waals surface area contributed by atoms with E-state index in [1.807, 2.05) is 0 Å². The molecule has 14 heterocycles. The van der Waals surface area contributed by atoms with E-state index in [9.17, 15) is 43.2 Å². The van der Waals surface area contributed by atoms with Gasteiger partial charge in [-0.25, -0.2) is 29.9 Å². The maximum absolute atomic E-state index is 13.1. The maximum Gasteiger partial charge on any atom is 0.277 e. The Balaban J connectivity index is 0.000000148. The third-order valence-corrected chi connectivity index (χ3v) is 17.0. The molecule has 0 saturated carbocycles. The van der Waals surface area contributed by atoms with E-state index in [0.29, 0.717) is 44.2 Å². The lowest BCUT2D eigenvalue weighted by Crippen LogP contribution is -2.46. The first-order chi connectivity index (χ1) is 47.7. The summed E-state index contributed by atoms with van der Waals surface area (Å²) in [5.41, 5.74) is 8.70. The monoisotopic (exact) mass is 1560 g/mol. The number of pyridine rings is 8. The van der Waals surface area contributed by atoms with Crippen molar-refractivity contribution in [1.82, 2.24) is 84.5 Å². The van der Waals surface area contributed by atoms with Gasteiger partial charge >= 0.3 is 0 Å². The summed E-state index contributed by atoms with van der Waals surface area (Å²) in [7, 11) is 0. The lowest BCUT2D eigenvalue weighted by Gasteiger charge is -2.27. The molecule has 14 rings (SSSR count). The van der Waals surface area contributed by atoms with Crippen LogP contribution in [0.3, 0.4) is 0 Å². The average Bonchev–Trinajstić information content (AvgIpc) is 1.58. The average molecular weight is 1560 g/mol. The Hall–Kier alpha value is -11.3. The molecule has 100 heavy (non-hydrogen) atoms. The fourth-order valence-electron chi connectivity index (χ4n) is 9.92. The molecule has 508 valence electrons. The Morgan fingerprint density at radius 1 is 0.480 bits per heavy atom. The zero-order valence-electron chi connectivity index (χ0n) is 52.2. The number of anilines is 5. The Morgan fingerprint density at radius 3 is 1.18 bits per heavy atom. The van der Waals surface area contributed by atoms with Gasteiger partial charge in [0, 0.05) is 90.4 Å². The molecule has 3 aliphatic heterocycles. The van der Waals surface area contributed by atoms with Crippen LogP contribution in [0.4, 0.5) is 28.8 Å². The van der Waals surface area contributed by atoms with Gasteiger partial charge in [-0.1, -0.05) is 64.6 Å². The van der Waals surface area contributed by atoms with Crippen LogP contribution in [0.25, 0.3) is 0 Å². The summed E-state index contributed by atoms with van der Waals surface area (Å²) in [4.78, 5) is 149. The number of halogens is 6. The predicted molar refractivity (Wildman–Crippen MR) is 378 cm³/mol. The minimum absolute atomic E-state index is 0.0584. The van der Waals surface area contributed by atoms with Crippen molar-refractivity contribution in [2.75, 3.05) is 16.4 Å². The van der Waals surface area contributed by atoms with Crippen LogP contribution in [0.2, 0.25) is 20.1 Å². The molecule has 3 aliphatic rings. The van der Waals surface area contributed by atoms with E-state index in [1.54, 1.807) is 156 Å². The van der Waals surface area contributed by atoms with E-state index in [4.69, 9.17) is 57.9 Å². The van der Waals surface area contributed by atoms with Crippen molar-refractivity contribution >= 4 is 137 Å². The number of aromatic nitrogens is 14. The number of amides is 4. The third kappa shape index (κ3) is 16.0. The van der Waals surface area contributed by atoms with Crippen molar-refractivity contribution < 1.29 is 24.0 Å². The quantitative estimate of drug-likeness (QED) is 0.0632. The summed E-state index contributed by atoms with van der Waals surface area (Å²) in [5, 5.41) is 15.0. The summed E-state index contributed by atoms with van der Waals surface area (Å²) >= 11 is 30.4. The molecule has 0 bridgehead atoms. The van der Waals surface area contributed by atoms with Crippen molar-refractivity contribution in [3.63, 3.8) is 0 Å². The van der Waals surface area contributed by atoms with Gasteiger partial charge in [0.1, 0.15) is 87.6 Å². The van der Waals surface area contributed by atoms with Crippen LogP contribution in [0.5, 0.6) is 0 Å². The number of hydrogen-bond donors (Lipinski definition) is 8. The largest absolute Gasteiger partial charge is 0.384 e. The number of carbonyl (C=O) groups is 5. The van der Waals surface area contributed by atoms with Crippen LogP contribution < -0.4 is 60.3 Å². The number of H-pyrrole nitrogens is 1. The third-order valence-electron chi connectivity index (χ3n) is 14.7. The first kappa shape index (κ1) is 73.0. The number of nitrogens with one attached hydrogen (secondary N) is 6. The molecule has 0 aliphatic carbocycles. The number of aromatic amines is 1. The van der Waals surface area contributed by atoms with E-state index in [2.05, 4.69) is 113 Å². The SMILES string of the molecule is CC(=O)c1cccnc1.CC1(c2cccnc2)NC(=O)c2c(Cl)cc(Br)c(=O)n21.CC1(c2cccnc2)NC(=O)c2c(Cl)cc(Nc3ccncn3)c(=O)n21.CC1(c2cccnc2)NC(=O)c2c(Cl)cc(Nc3ccncn3)c(=O)n21.NC(=O)c1[nH]c(=O)c(Br)cc1Cl.Nc1ccncn1. The number of nitrogen functional groups attached to an aromatic ring is 1. The van der Waals surface area contributed by atoms with Crippen LogP contribution in [-0.4, -0.2) is 97.9 Å². The molecule has 11 aromatic rings. The Bertz CT molecular complexity index is 4970. The highest BCUT2D eigenvalue weighted by molar-refractivity contribution is 9.10. The van der Waals surface area contributed by atoms with Crippen LogP contribution in [0.15, 0.2) is 206 Å². The van der Waals surface area contributed by atoms with Crippen LogP contribution in [0, 0.1) is 0 Å². The second-order valence-electron chi connectivity index (χ2n) is 21.3. The topological polar surface area (TPSA) is 425 Å². The zero-order chi connectivity index (χ0) is 72.2. The van der Waals surface area contributed by atoms with Crippen molar-refractivity contribution in [2.45, 2.75) is 44.7 Å². The summed E-state index contributed by atoms with van der Waals surface area (Å²) in [6.07, 6.45) is 21.7. The maximum atomic E-state index is 13.1. The van der Waals surface area contributed by atoms with Gasteiger partial charge < -0.3 is 43.0 Å². The highest BCUT2D eigenvalue weighted by atomic mass is 79.9. The van der Waals surface area contributed by atoms with Gasteiger partial charge in [-0.3, -0.25) is 76.8 Å². The molecular formula is C64H51Br2Cl4N21O9. The van der Waals surface area contributed by atoms with Crippen LogP contribution in [0.1, 0.15) is 96.7 Å². The van der Waals surface area contributed by atoms with E-state index < -0.39 is 51.4 Å². The number of rotatable bonds is 9. The molecule has 4 amide bonds. The number of nitrogens with zero attached hydrogens (tertiary/aromatic N) is 13. The van der Waals surface area contributed by atoms with Crippen molar-refractivity contribution in [3.05, 3.63) is 294 Å². The summed E-state index contributed by atoms with van der Waals surface area (Å²) in [6, 6.07) is 24.6. The van der Waals surface area contributed by atoms with E-state index >= 15 is 0 Å². The second-order valence-corrected chi connectivity index (χ2v) is 24.7. The summed E-state index contributed by atoms with van der Waals surface area (Å²) in [6.45, 7) is 6.72. The van der Waals surface area contributed by atoms with Gasteiger partial charge in [0.25, 0.3) is 45.9 Å². The minimum atomic E-state index is -1.11. The highest BCUT2D eigenvalue weighted by Gasteiger charge is 2.46.